The normalized spacial score (nSPS) is 20.1. The first kappa shape index (κ1) is 16.1. The van der Waals surface area contributed by atoms with E-state index in [0.29, 0.717) is 10.0 Å². The van der Waals surface area contributed by atoms with E-state index in [4.69, 9.17) is 23.2 Å². The van der Waals surface area contributed by atoms with Gasteiger partial charge in [0.05, 0.1) is 10.0 Å². The second kappa shape index (κ2) is 6.51. The molecule has 0 radical (unpaired) electrons. The van der Waals surface area contributed by atoms with Gasteiger partial charge in [0.1, 0.15) is 0 Å². The maximum atomic E-state index is 12.6. The Morgan fingerprint density at radius 3 is 2.62 bits per heavy atom. The van der Waals surface area contributed by atoms with Crippen molar-refractivity contribution >= 4 is 29.0 Å². The monoisotopic (exact) mass is 359 g/mol. The Hall–Kier alpha value is -1.35. The summed E-state index contributed by atoms with van der Waals surface area (Å²) in [7, 11) is 0. The standard InChI is InChI=1S/C20H19Cl2NO/c21-18-10-16-9-14(20(24)17(16)11-19(18)22)6-8-23-7-5-13-3-1-2-4-15(13)12-23/h1-4,10-11,14H,5-9,12H2. The van der Waals surface area contributed by atoms with Gasteiger partial charge in [-0.15, -0.1) is 0 Å². The SMILES string of the molecule is O=C1c2cc(Cl)c(Cl)cc2CC1CCN1CCc2ccccc2C1. The summed E-state index contributed by atoms with van der Waals surface area (Å²) >= 11 is 12.1. The van der Waals surface area contributed by atoms with Gasteiger partial charge in [0.2, 0.25) is 0 Å². The van der Waals surface area contributed by atoms with Crippen LogP contribution in [0.3, 0.4) is 0 Å². The van der Waals surface area contributed by atoms with Gasteiger partial charge in [-0.25, -0.2) is 0 Å². The molecule has 1 aliphatic heterocycles. The summed E-state index contributed by atoms with van der Waals surface area (Å²) < 4.78 is 0. The number of carbonyl (C=O) groups excluding carboxylic acids is 1. The molecule has 0 bridgehead atoms. The Kier molecular flexibility index (Phi) is 4.38. The van der Waals surface area contributed by atoms with Crippen molar-refractivity contribution in [3.8, 4) is 0 Å². The number of rotatable bonds is 3. The summed E-state index contributed by atoms with van der Waals surface area (Å²) in [5.74, 6) is 0.285. The van der Waals surface area contributed by atoms with Crippen LogP contribution in [0.5, 0.6) is 0 Å². The summed E-state index contributed by atoms with van der Waals surface area (Å²) in [5, 5.41) is 1.01. The number of halogens is 2. The van der Waals surface area contributed by atoms with Gasteiger partial charge >= 0.3 is 0 Å². The van der Waals surface area contributed by atoms with Crippen LogP contribution in [0.15, 0.2) is 36.4 Å². The number of hydrogen-bond acceptors (Lipinski definition) is 2. The lowest BCUT2D eigenvalue weighted by atomic mass is 9.97. The molecular formula is C20H19Cl2NO. The number of carbonyl (C=O) groups is 1. The summed E-state index contributed by atoms with van der Waals surface area (Å²) in [6, 6.07) is 12.2. The molecule has 0 aromatic heterocycles. The van der Waals surface area contributed by atoms with E-state index in [1.54, 1.807) is 6.07 Å². The zero-order valence-electron chi connectivity index (χ0n) is 13.4. The lowest BCUT2D eigenvalue weighted by Gasteiger charge is -2.29. The molecule has 1 atom stereocenters. The average molecular weight is 360 g/mol. The quantitative estimate of drug-likeness (QED) is 0.784. The fourth-order valence-corrected chi connectivity index (χ4v) is 4.23. The fourth-order valence-electron chi connectivity index (χ4n) is 3.88. The zero-order chi connectivity index (χ0) is 16.7. The molecule has 124 valence electrons. The topological polar surface area (TPSA) is 20.3 Å². The molecule has 0 spiro atoms. The number of ketones is 1. The van der Waals surface area contributed by atoms with E-state index in [1.165, 1.54) is 11.1 Å². The van der Waals surface area contributed by atoms with E-state index in [2.05, 4.69) is 29.2 Å². The average Bonchev–Trinajstić information content (AvgIpc) is 2.89. The van der Waals surface area contributed by atoms with Gasteiger partial charge < -0.3 is 0 Å². The van der Waals surface area contributed by atoms with Gasteiger partial charge in [-0.2, -0.15) is 0 Å². The van der Waals surface area contributed by atoms with Crippen molar-refractivity contribution < 1.29 is 4.79 Å². The van der Waals surface area contributed by atoms with Crippen LogP contribution in [0.2, 0.25) is 10.0 Å². The van der Waals surface area contributed by atoms with Crippen molar-refractivity contribution in [2.24, 2.45) is 5.92 Å². The van der Waals surface area contributed by atoms with Crippen LogP contribution >= 0.6 is 23.2 Å². The van der Waals surface area contributed by atoms with E-state index < -0.39 is 0 Å². The zero-order valence-corrected chi connectivity index (χ0v) is 14.9. The largest absolute Gasteiger partial charge is 0.299 e. The van der Waals surface area contributed by atoms with E-state index in [-0.39, 0.29) is 11.7 Å². The smallest absolute Gasteiger partial charge is 0.166 e. The molecule has 4 heteroatoms. The van der Waals surface area contributed by atoms with Crippen LogP contribution < -0.4 is 0 Å². The highest BCUT2D eigenvalue weighted by molar-refractivity contribution is 6.42. The Morgan fingerprint density at radius 2 is 1.79 bits per heavy atom. The predicted molar refractivity (Wildman–Crippen MR) is 98.0 cm³/mol. The maximum Gasteiger partial charge on any atom is 0.166 e. The Bertz CT molecular complexity index is 802. The van der Waals surface area contributed by atoms with Crippen molar-refractivity contribution in [2.45, 2.75) is 25.8 Å². The lowest BCUT2D eigenvalue weighted by Crippen LogP contribution is -2.32. The molecule has 0 fully saturated rings. The van der Waals surface area contributed by atoms with Gasteiger partial charge in [-0.1, -0.05) is 47.5 Å². The minimum atomic E-state index is 0.0618. The molecular weight excluding hydrogens is 341 g/mol. The number of Topliss-reactive ketones (excluding diaryl/α,β-unsaturated/α-hetero) is 1. The van der Waals surface area contributed by atoms with Crippen molar-refractivity contribution in [3.63, 3.8) is 0 Å². The molecule has 2 nitrogen and oxygen atoms in total. The number of fused-ring (bicyclic) bond motifs is 2. The number of nitrogens with zero attached hydrogens (tertiary/aromatic N) is 1. The van der Waals surface area contributed by atoms with Crippen molar-refractivity contribution in [1.29, 1.82) is 0 Å². The first-order valence-corrected chi connectivity index (χ1v) is 9.18. The van der Waals surface area contributed by atoms with E-state index in [0.717, 1.165) is 50.0 Å². The molecule has 1 unspecified atom stereocenters. The molecule has 0 amide bonds. The van der Waals surface area contributed by atoms with Gasteiger partial charge in [-0.05, 0) is 54.6 Å². The summed E-state index contributed by atoms with van der Waals surface area (Å²) in [4.78, 5) is 15.1. The van der Waals surface area contributed by atoms with Crippen LogP contribution in [0.25, 0.3) is 0 Å². The minimum Gasteiger partial charge on any atom is -0.299 e. The van der Waals surface area contributed by atoms with E-state index in [1.807, 2.05) is 6.07 Å². The van der Waals surface area contributed by atoms with Crippen LogP contribution in [-0.2, 0) is 19.4 Å². The molecule has 1 aliphatic carbocycles. The summed E-state index contributed by atoms with van der Waals surface area (Å²) in [6.45, 7) is 3.02. The molecule has 0 saturated heterocycles. The van der Waals surface area contributed by atoms with E-state index >= 15 is 0 Å². The Labute approximate surface area is 152 Å². The van der Waals surface area contributed by atoms with Crippen molar-refractivity contribution in [3.05, 3.63) is 68.7 Å². The van der Waals surface area contributed by atoms with Crippen LogP contribution in [0.4, 0.5) is 0 Å². The fraction of sp³-hybridized carbons (Fsp3) is 0.350. The second-order valence-corrected chi connectivity index (χ2v) is 7.59. The van der Waals surface area contributed by atoms with Crippen molar-refractivity contribution in [1.82, 2.24) is 4.90 Å². The number of hydrogen-bond donors (Lipinski definition) is 0. The minimum absolute atomic E-state index is 0.0618. The molecule has 1 heterocycles. The molecule has 24 heavy (non-hydrogen) atoms. The highest BCUT2D eigenvalue weighted by Crippen LogP contribution is 2.35. The second-order valence-electron chi connectivity index (χ2n) is 6.77. The molecule has 2 aromatic carbocycles. The van der Waals surface area contributed by atoms with Gasteiger partial charge in [0.25, 0.3) is 0 Å². The molecule has 4 rings (SSSR count). The first-order chi connectivity index (χ1) is 11.6. The highest BCUT2D eigenvalue weighted by Gasteiger charge is 2.31. The van der Waals surface area contributed by atoms with Gasteiger partial charge in [0.15, 0.2) is 5.78 Å². The van der Waals surface area contributed by atoms with Gasteiger partial charge in [0, 0.05) is 24.6 Å². The third-order valence-corrected chi connectivity index (χ3v) is 5.97. The Balaban J connectivity index is 1.40. The maximum absolute atomic E-state index is 12.6. The first-order valence-electron chi connectivity index (χ1n) is 8.43. The van der Waals surface area contributed by atoms with Crippen molar-refractivity contribution in [2.75, 3.05) is 13.1 Å². The Morgan fingerprint density at radius 1 is 1.04 bits per heavy atom. The summed E-state index contributed by atoms with van der Waals surface area (Å²) in [6.07, 6.45) is 2.78. The number of benzene rings is 2. The molecule has 0 N–H and O–H groups in total. The third kappa shape index (κ3) is 2.99. The van der Waals surface area contributed by atoms with Crippen LogP contribution in [0.1, 0.15) is 33.5 Å². The van der Waals surface area contributed by atoms with Crippen LogP contribution in [0, 0.1) is 5.92 Å². The van der Waals surface area contributed by atoms with Gasteiger partial charge in [-0.3, -0.25) is 9.69 Å². The van der Waals surface area contributed by atoms with Crippen LogP contribution in [-0.4, -0.2) is 23.8 Å². The third-order valence-electron chi connectivity index (χ3n) is 5.25. The highest BCUT2D eigenvalue weighted by atomic mass is 35.5. The van der Waals surface area contributed by atoms with E-state index in [9.17, 15) is 4.79 Å². The molecule has 2 aromatic rings. The molecule has 2 aliphatic rings. The molecule has 0 saturated carbocycles. The lowest BCUT2D eigenvalue weighted by molar-refractivity contribution is 0.0919. The summed E-state index contributed by atoms with van der Waals surface area (Å²) in [5.41, 5.74) is 4.69. The predicted octanol–water partition coefficient (Wildman–Crippen LogP) is 4.80.